The average Bonchev–Trinajstić information content (AvgIpc) is 2.82. The molecule has 1 heterocycles. The molecule has 0 amide bonds. The van der Waals surface area contributed by atoms with Crippen LogP contribution in [0, 0.1) is 0 Å². The molecule has 0 fully saturated rings. The molecule has 18 heavy (non-hydrogen) atoms. The maximum atomic E-state index is 6.22. The number of imidazole rings is 1. The van der Waals surface area contributed by atoms with Gasteiger partial charge in [-0.25, -0.2) is 4.98 Å². The van der Waals surface area contributed by atoms with E-state index < -0.39 is 0 Å². The number of benzene rings is 1. The minimum atomic E-state index is 0.473. The summed E-state index contributed by atoms with van der Waals surface area (Å²) in [6, 6.07) is 6.03. The van der Waals surface area contributed by atoms with Gasteiger partial charge in [-0.1, -0.05) is 17.7 Å². The van der Waals surface area contributed by atoms with Crippen molar-refractivity contribution in [1.82, 2.24) is 9.55 Å². The molecule has 3 rings (SSSR count). The van der Waals surface area contributed by atoms with Crippen LogP contribution in [0.3, 0.4) is 0 Å². The Bertz CT molecular complexity index is 574. The highest BCUT2D eigenvalue weighted by Gasteiger charge is 2.16. The first kappa shape index (κ1) is 11.8. The third-order valence-electron chi connectivity index (χ3n) is 3.56. The molecule has 1 aromatic carbocycles. The molecule has 4 heteroatoms. The molecule has 0 bridgehead atoms. The van der Waals surface area contributed by atoms with Gasteiger partial charge in [0.15, 0.2) is 0 Å². The van der Waals surface area contributed by atoms with Gasteiger partial charge in [-0.05, 0) is 43.4 Å². The van der Waals surface area contributed by atoms with Crippen LogP contribution in [0.1, 0.15) is 29.8 Å². The number of hydrogen-bond acceptors (Lipinski definition) is 2. The van der Waals surface area contributed by atoms with Crippen molar-refractivity contribution >= 4 is 11.6 Å². The standard InChI is InChI=1S/C14H16ClN3/c15-12-7-11(6-5-10(12)8-16)18-9-17-13-3-1-2-4-14(13)18/h5-7,9H,1-4,8,16H2. The molecule has 2 aromatic rings. The van der Waals surface area contributed by atoms with Crippen molar-refractivity contribution in [2.75, 3.05) is 0 Å². The van der Waals surface area contributed by atoms with Crippen LogP contribution < -0.4 is 5.73 Å². The second-order valence-corrected chi connectivity index (χ2v) is 5.10. The van der Waals surface area contributed by atoms with E-state index in [4.69, 9.17) is 17.3 Å². The van der Waals surface area contributed by atoms with Crippen LogP contribution in [-0.4, -0.2) is 9.55 Å². The number of fused-ring (bicyclic) bond motifs is 1. The number of aromatic nitrogens is 2. The van der Waals surface area contributed by atoms with Crippen molar-refractivity contribution in [1.29, 1.82) is 0 Å². The van der Waals surface area contributed by atoms with Crippen molar-refractivity contribution in [3.8, 4) is 5.69 Å². The van der Waals surface area contributed by atoms with Gasteiger partial charge >= 0.3 is 0 Å². The van der Waals surface area contributed by atoms with E-state index in [-0.39, 0.29) is 0 Å². The van der Waals surface area contributed by atoms with Crippen molar-refractivity contribution in [3.63, 3.8) is 0 Å². The van der Waals surface area contributed by atoms with Crippen molar-refractivity contribution in [2.45, 2.75) is 32.2 Å². The quantitative estimate of drug-likeness (QED) is 0.903. The first-order chi connectivity index (χ1) is 8.79. The van der Waals surface area contributed by atoms with E-state index >= 15 is 0 Å². The fraction of sp³-hybridized carbons (Fsp3) is 0.357. The van der Waals surface area contributed by atoms with Crippen LogP contribution in [0.2, 0.25) is 5.02 Å². The Labute approximate surface area is 112 Å². The van der Waals surface area contributed by atoms with Gasteiger partial charge in [-0.2, -0.15) is 0 Å². The third-order valence-corrected chi connectivity index (χ3v) is 3.92. The Morgan fingerprint density at radius 1 is 1.28 bits per heavy atom. The molecule has 0 radical (unpaired) electrons. The monoisotopic (exact) mass is 261 g/mol. The lowest BCUT2D eigenvalue weighted by Crippen LogP contribution is -2.07. The van der Waals surface area contributed by atoms with Crippen LogP contribution >= 0.6 is 11.6 Å². The van der Waals surface area contributed by atoms with Crippen LogP contribution in [0.5, 0.6) is 0 Å². The lowest BCUT2D eigenvalue weighted by atomic mass is 10.0. The number of aryl methyl sites for hydroxylation is 1. The summed E-state index contributed by atoms with van der Waals surface area (Å²) in [5, 5.41) is 0.730. The largest absolute Gasteiger partial charge is 0.326 e. The summed E-state index contributed by atoms with van der Waals surface area (Å²) in [6.45, 7) is 0.473. The summed E-state index contributed by atoms with van der Waals surface area (Å²) < 4.78 is 2.15. The molecule has 0 unspecified atom stereocenters. The smallest absolute Gasteiger partial charge is 0.0997 e. The molecule has 1 aliphatic rings. The van der Waals surface area contributed by atoms with E-state index in [0.29, 0.717) is 6.54 Å². The second kappa shape index (κ2) is 4.75. The minimum Gasteiger partial charge on any atom is -0.326 e. The summed E-state index contributed by atoms with van der Waals surface area (Å²) >= 11 is 6.22. The van der Waals surface area contributed by atoms with Gasteiger partial charge in [-0.15, -0.1) is 0 Å². The van der Waals surface area contributed by atoms with Crippen LogP contribution in [0.25, 0.3) is 5.69 Å². The number of hydrogen-bond donors (Lipinski definition) is 1. The molecule has 1 aliphatic carbocycles. The molecule has 94 valence electrons. The first-order valence-electron chi connectivity index (χ1n) is 6.33. The van der Waals surface area contributed by atoms with Crippen molar-refractivity contribution in [3.05, 3.63) is 46.5 Å². The summed E-state index contributed by atoms with van der Waals surface area (Å²) in [4.78, 5) is 4.50. The predicted molar refractivity (Wildman–Crippen MR) is 73.1 cm³/mol. The predicted octanol–water partition coefficient (Wildman–Crippen LogP) is 2.86. The van der Waals surface area contributed by atoms with Gasteiger partial charge < -0.3 is 10.3 Å². The average molecular weight is 262 g/mol. The summed E-state index contributed by atoms with van der Waals surface area (Å²) in [5.74, 6) is 0. The Morgan fingerprint density at radius 2 is 2.11 bits per heavy atom. The van der Waals surface area contributed by atoms with E-state index in [9.17, 15) is 0 Å². The number of nitrogens with zero attached hydrogens (tertiary/aromatic N) is 2. The van der Waals surface area contributed by atoms with Gasteiger partial charge in [0, 0.05) is 22.9 Å². The van der Waals surface area contributed by atoms with Gasteiger partial charge in [-0.3, -0.25) is 0 Å². The Kier molecular flexibility index (Phi) is 3.10. The number of nitrogens with two attached hydrogens (primary N) is 1. The van der Waals surface area contributed by atoms with Crippen LogP contribution in [0.4, 0.5) is 0 Å². The molecule has 0 saturated carbocycles. The van der Waals surface area contributed by atoms with Gasteiger partial charge in [0.1, 0.15) is 0 Å². The summed E-state index contributed by atoms with van der Waals surface area (Å²) in [5.41, 5.74) is 10.3. The maximum absolute atomic E-state index is 6.22. The minimum absolute atomic E-state index is 0.473. The maximum Gasteiger partial charge on any atom is 0.0997 e. The van der Waals surface area contributed by atoms with E-state index in [0.717, 1.165) is 29.1 Å². The first-order valence-corrected chi connectivity index (χ1v) is 6.71. The molecule has 1 aromatic heterocycles. The Balaban J connectivity index is 2.04. The molecule has 0 saturated heterocycles. The number of halogens is 1. The topological polar surface area (TPSA) is 43.8 Å². The molecule has 2 N–H and O–H groups in total. The van der Waals surface area contributed by atoms with Crippen molar-refractivity contribution < 1.29 is 0 Å². The van der Waals surface area contributed by atoms with Gasteiger partial charge in [0.05, 0.1) is 12.0 Å². The summed E-state index contributed by atoms with van der Waals surface area (Å²) in [6.07, 6.45) is 6.59. The fourth-order valence-corrected chi connectivity index (χ4v) is 2.80. The van der Waals surface area contributed by atoms with Crippen molar-refractivity contribution in [2.24, 2.45) is 5.73 Å². The molecular weight excluding hydrogens is 246 g/mol. The highest BCUT2D eigenvalue weighted by molar-refractivity contribution is 6.31. The highest BCUT2D eigenvalue weighted by Crippen LogP contribution is 2.25. The van der Waals surface area contributed by atoms with Gasteiger partial charge in [0.2, 0.25) is 0 Å². The number of rotatable bonds is 2. The SMILES string of the molecule is NCc1ccc(-n2cnc3c2CCCC3)cc1Cl. The zero-order valence-electron chi connectivity index (χ0n) is 10.2. The van der Waals surface area contributed by atoms with E-state index in [1.54, 1.807) is 0 Å². The van der Waals surface area contributed by atoms with E-state index in [2.05, 4.69) is 15.6 Å². The second-order valence-electron chi connectivity index (χ2n) is 4.69. The van der Waals surface area contributed by atoms with E-state index in [1.807, 2.05) is 18.5 Å². The molecule has 0 spiro atoms. The lowest BCUT2D eigenvalue weighted by Gasteiger charge is -2.14. The zero-order chi connectivity index (χ0) is 12.5. The third kappa shape index (κ3) is 1.93. The molecule has 3 nitrogen and oxygen atoms in total. The zero-order valence-corrected chi connectivity index (χ0v) is 11.0. The van der Waals surface area contributed by atoms with E-state index in [1.165, 1.54) is 24.2 Å². The Hall–Kier alpha value is -1.32. The highest BCUT2D eigenvalue weighted by atomic mass is 35.5. The van der Waals surface area contributed by atoms with Gasteiger partial charge in [0.25, 0.3) is 0 Å². The summed E-state index contributed by atoms with van der Waals surface area (Å²) in [7, 11) is 0. The fourth-order valence-electron chi connectivity index (χ4n) is 2.54. The van der Waals surface area contributed by atoms with Crippen LogP contribution in [0.15, 0.2) is 24.5 Å². The normalized spacial score (nSPS) is 14.6. The van der Waals surface area contributed by atoms with Crippen LogP contribution in [-0.2, 0) is 19.4 Å². The Morgan fingerprint density at radius 3 is 2.89 bits per heavy atom. The molecule has 0 atom stereocenters. The molecule has 0 aliphatic heterocycles. The lowest BCUT2D eigenvalue weighted by molar-refractivity contribution is 0.656. The molecular formula is C14H16ClN3.